The first kappa shape index (κ1) is 14.6. The molecular formula is C16H22N2O2. The quantitative estimate of drug-likeness (QED) is 0.856. The van der Waals surface area contributed by atoms with Gasteiger partial charge in [0.2, 0.25) is 0 Å². The highest BCUT2D eigenvalue weighted by Crippen LogP contribution is 2.20. The predicted octanol–water partition coefficient (Wildman–Crippen LogP) is 3.38. The Kier molecular flexibility index (Phi) is 5.16. The minimum Gasteiger partial charge on any atom is -0.494 e. The van der Waals surface area contributed by atoms with Gasteiger partial charge in [-0.2, -0.15) is 5.10 Å². The van der Waals surface area contributed by atoms with E-state index in [0.717, 1.165) is 24.3 Å². The number of amides is 1. The van der Waals surface area contributed by atoms with Crippen molar-refractivity contribution < 1.29 is 9.53 Å². The predicted molar refractivity (Wildman–Crippen MR) is 80.1 cm³/mol. The van der Waals surface area contributed by atoms with Crippen LogP contribution in [0, 0.1) is 5.92 Å². The van der Waals surface area contributed by atoms with Crippen LogP contribution < -0.4 is 10.2 Å². The summed E-state index contributed by atoms with van der Waals surface area (Å²) in [6.07, 6.45) is 4.58. The van der Waals surface area contributed by atoms with Crippen molar-refractivity contribution >= 4 is 11.6 Å². The average Bonchev–Trinajstić information content (AvgIpc) is 2.47. The molecule has 0 spiro atoms. The van der Waals surface area contributed by atoms with Crippen LogP contribution in [0.5, 0.6) is 5.75 Å². The third kappa shape index (κ3) is 3.83. The zero-order chi connectivity index (χ0) is 14.4. The Hall–Kier alpha value is -1.84. The van der Waals surface area contributed by atoms with Gasteiger partial charge in [0.1, 0.15) is 5.75 Å². The van der Waals surface area contributed by atoms with E-state index < -0.39 is 0 Å². The van der Waals surface area contributed by atoms with Gasteiger partial charge in [-0.1, -0.05) is 13.3 Å². The fraction of sp³-hybridized carbons (Fsp3) is 0.500. The van der Waals surface area contributed by atoms with Crippen molar-refractivity contribution in [1.82, 2.24) is 5.43 Å². The summed E-state index contributed by atoms with van der Waals surface area (Å²) in [6.45, 7) is 4.72. The van der Waals surface area contributed by atoms with Crippen molar-refractivity contribution in [3.8, 4) is 5.75 Å². The van der Waals surface area contributed by atoms with Gasteiger partial charge in [0.15, 0.2) is 0 Å². The third-order valence-electron chi connectivity index (χ3n) is 3.62. The normalized spacial score (nSPS) is 20.7. The number of ether oxygens (including phenoxy) is 1. The summed E-state index contributed by atoms with van der Waals surface area (Å²) in [6, 6.07) is 7.11. The highest BCUT2D eigenvalue weighted by atomic mass is 16.5. The number of rotatable bonds is 4. The van der Waals surface area contributed by atoms with Gasteiger partial charge in [0.25, 0.3) is 5.91 Å². The van der Waals surface area contributed by atoms with Crippen LogP contribution in [0.1, 0.15) is 49.9 Å². The molecule has 20 heavy (non-hydrogen) atoms. The number of hydrogen-bond donors (Lipinski definition) is 1. The van der Waals surface area contributed by atoms with E-state index in [1.54, 1.807) is 24.3 Å². The molecule has 4 heteroatoms. The molecule has 1 aliphatic carbocycles. The van der Waals surface area contributed by atoms with E-state index >= 15 is 0 Å². The topological polar surface area (TPSA) is 50.7 Å². The summed E-state index contributed by atoms with van der Waals surface area (Å²) in [5.74, 6) is 1.08. The molecule has 1 aromatic carbocycles. The molecule has 4 nitrogen and oxygen atoms in total. The van der Waals surface area contributed by atoms with Crippen LogP contribution in [0.4, 0.5) is 0 Å². The molecule has 1 N–H and O–H groups in total. The number of nitrogens with zero attached hydrogens (tertiary/aromatic N) is 1. The third-order valence-corrected chi connectivity index (χ3v) is 3.62. The van der Waals surface area contributed by atoms with Gasteiger partial charge >= 0.3 is 0 Å². The maximum Gasteiger partial charge on any atom is 0.271 e. The van der Waals surface area contributed by atoms with E-state index in [1.165, 1.54) is 12.8 Å². The van der Waals surface area contributed by atoms with Crippen LogP contribution in [0.15, 0.2) is 29.4 Å². The highest BCUT2D eigenvalue weighted by molar-refractivity contribution is 5.96. The summed E-state index contributed by atoms with van der Waals surface area (Å²) < 4.78 is 5.35. The van der Waals surface area contributed by atoms with Crippen LogP contribution in [0.2, 0.25) is 0 Å². The van der Waals surface area contributed by atoms with E-state index in [4.69, 9.17) is 4.74 Å². The maximum atomic E-state index is 12.0. The van der Waals surface area contributed by atoms with Gasteiger partial charge in [0.05, 0.1) is 6.61 Å². The molecule has 1 aliphatic rings. The lowest BCUT2D eigenvalue weighted by Crippen LogP contribution is -2.24. The Bertz CT molecular complexity index is 480. The number of carbonyl (C=O) groups is 1. The summed E-state index contributed by atoms with van der Waals surface area (Å²) in [5.41, 5.74) is 4.36. The summed E-state index contributed by atoms with van der Waals surface area (Å²) in [4.78, 5) is 12.0. The minimum absolute atomic E-state index is 0.168. The molecule has 1 atom stereocenters. The summed E-state index contributed by atoms with van der Waals surface area (Å²) in [5, 5.41) is 4.29. The first-order valence-corrected chi connectivity index (χ1v) is 7.30. The zero-order valence-electron chi connectivity index (χ0n) is 12.2. The van der Waals surface area contributed by atoms with Crippen molar-refractivity contribution in [2.45, 2.75) is 39.5 Å². The molecule has 1 saturated carbocycles. The summed E-state index contributed by atoms with van der Waals surface area (Å²) >= 11 is 0. The van der Waals surface area contributed by atoms with Crippen molar-refractivity contribution in [1.29, 1.82) is 0 Å². The number of hydrazone groups is 1. The van der Waals surface area contributed by atoms with Crippen LogP contribution in [-0.4, -0.2) is 18.2 Å². The fourth-order valence-electron chi connectivity index (χ4n) is 2.39. The second-order valence-corrected chi connectivity index (χ2v) is 5.15. The van der Waals surface area contributed by atoms with Crippen molar-refractivity contribution in [2.75, 3.05) is 6.61 Å². The molecule has 108 valence electrons. The molecule has 0 heterocycles. The standard InChI is InChI=1S/C16H22N2O2/c1-3-20-14-10-8-13(9-11-14)16(19)18-17-15-7-5-4-6-12(15)2/h8-12H,3-7H2,1-2H3,(H,18,19). The lowest BCUT2D eigenvalue weighted by molar-refractivity contribution is 0.0954. The number of nitrogens with one attached hydrogen (secondary N) is 1. The van der Waals surface area contributed by atoms with Crippen molar-refractivity contribution in [3.05, 3.63) is 29.8 Å². The largest absolute Gasteiger partial charge is 0.494 e. The maximum absolute atomic E-state index is 12.0. The molecule has 2 rings (SSSR count). The number of carbonyl (C=O) groups excluding carboxylic acids is 1. The van der Waals surface area contributed by atoms with Gasteiger partial charge in [-0.05, 0) is 56.4 Å². The molecule has 1 unspecified atom stereocenters. The fourth-order valence-corrected chi connectivity index (χ4v) is 2.39. The Morgan fingerprint density at radius 3 is 2.75 bits per heavy atom. The first-order chi connectivity index (χ1) is 9.70. The molecule has 0 radical (unpaired) electrons. The molecular weight excluding hydrogens is 252 g/mol. The van der Waals surface area contributed by atoms with E-state index in [9.17, 15) is 4.79 Å². The molecule has 0 saturated heterocycles. The summed E-state index contributed by atoms with van der Waals surface area (Å²) in [7, 11) is 0. The van der Waals surface area contributed by atoms with Crippen molar-refractivity contribution in [3.63, 3.8) is 0 Å². The lowest BCUT2D eigenvalue weighted by atomic mass is 9.89. The lowest BCUT2D eigenvalue weighted by Gasteiger charge is -2.19. The van der Waals surface area contributed by atoms with Crippen LogP contribution in [0.3, 0.4) is 0 Å². The Balaban J connectivity index is 1.95. The molecule has 0 bridgehead atoms. The molecule has 1 aromatic rings. The molecule has 0 aliphatic heterocycles. The minimum atomic E-state index is -0.168. The first-order valence-electron chi connectivity index (χ1n) is 7.30. The van der Waals surface area contributed by atoms with Gasteiger partial charge in [0, 0.05) is 11.3 Å². The zero-order valence-corrected chi connectivity index (χ0v) is 12.2. The van der Waals surface area contributed by atoms with E-state index in [-0.39, 0.29) is 5.91 Å². The van der Waals surface area contributed by atoms with E-state index in [2.05, 4.69) is 17.5 Å². The Morgan fingerprint density at radius 1 is 1.35 bits per heavy atom. The second kappa shape index (κ2) is 7.08. The Morgan fingerprint density at radius 2 is 2.10 bits per heavy atom. The van der Waals surface area contributed by atoms with Crippen molar-refractivity contribution in [2.24, 2.45) is 11.0 Å². The molecule has 0 aromatic heterocycles. The highest BCUT2D eigenvalue weighted by Gasteiger charge is 2.16. The van der Waals surface area contributed by atoms with Gasteiger partial charge in [-0.25, -0.2) is 5.43 Å². The van der Waals surface area contributed by atoms with Crippen LogP contribution >= 0.6 is 0 Å². The van der Waals surface area contributed by atoms with E-state index in [1.807, 2.05) is 6.92 Å². The number of hydrogen-bond acceptors (Lipinski definition) is 3. The molecule has 1 amide bonds. The van der Waals surface area contributed by atoms with Crippen LogP contribution in [0.25, 0.3) is 0 Å². The van der Waals surface area contributed by atoms with Gasteiger partial charge in [-0.3, -0.25) is 4.79 Å². The van der Waals surface area contributed by atoms with Gasteiger partial charge < -0.3 is 4.74 Å². The van der Waals surface area contributed by atoms with E-state index in [0.29, 0.717) is 18.1 Å². The second-order valence-electron chi connectivity index (χ2n) is 5.15. The van der Waals surface area contributed by atoms with Gasteiger partial charge in [-0.15, -0.1) is 0 Å². The number of benzene rings is 1. The smallest absolute Gasteiger partial charge is 0.271 e. The Labute approximate surface area is 120 Å². The van der Waals surface area contributed by atoms with Crippen LogP contribution in [-0.2, 0) is 0 Å². The SMILES string of the molecule is CCOc1ccc(C(=O)NN=C2CCCCC2C)cc1. The monoisotopic (exact) mass is 274 g/mol. The molecule has 1 fully saturated rings. The average molecular weight is 274 g/mol.